The maximum absolute atomic E-state index is 5.21. The minimum atomic E-state index is -0.531. The fourth-order valence-electron chi connectivity index (χ4n) is 11.6. The molecule has 0 bridgehead atoms. The highest BCUT2D eigenvalue weighted by molar-refractivity contribution is 6.11. The molecule has 11 aromatic carbocycles. The molecule has 0 radical (unpaired) electrons. The van der Waals surface area contributed by atoms with Crippen LogP contribution in [-0.2, 0) is 5.41 Å². The molecule has 13 aromatic rings. The van der Waals surface area contributed by atoms with Gasteiger partial charge in [0, 0.05) is 44.8 Å². The number of hydrogen-bond donors (Lipinski definition) is 0. The second-order valence-corrected chi connectivity index (χ2v) is 18.7. The van der Waals surface area contributed by atoms with Crippen molar-refractivity contribution < 1.29 is 0 Å². The molecule has 0 unspecified atom stereocenters. The van der Waals surface area contributed by atoms with Gasteiger partial charge in [0.05, 0.1) is 27.5 Å². The summed E-state index contributed by atoms with van der Waals surface area (Å²) >= 11 is 0. The first-order valence-electron chi connectivity index (χ1n) is 24.7. The van der Waals surface area contributed by atoms with Crippen LogP contribution in [0.5, 0.6) is 0 Å². The first kappa shape index (κ1) is 41.5. The minimum absolute atomic E-state index is 0.531. The Kier molecular flexibility index (Phi) is 9.71. The summed E-state index contributed by atoms with van der Waals surface area (Å²) in [7, 11) is 0. The van der Waals surface area contributed by atoms with Crippen molar-refractivity contribution in [2.45, 2.75) is 5.41 Å². The first-order chi connectivity index (χ1) is 35.7. The van der Waals surface area contributed by atoms with E-state index in [4.69, 9.17) is 4.98 Å². The van der Waals surface area contributed by atoms with Crippen molar-refractivity contribution in [1.82, 2.24) is 14.1 Å². The Labute approximate surface area is 418 Å². The van der Waals surface area contributed by atoms with Gasteiger partial charge in [0.2, 0.25) is 0 Å². The summed E-state index contributed by atoms with van der Waals surface area (Å²) in [5.74, 6) is 0.902. The Hall–Kier alpha value is -9.51. The Bertz CT molecular complexity index is 4070. The number of fused-ring (bicyclic) bond motifs is 7. The number of para-hydroxylation sites is 4. The van der Waals surface area contributed by atoms with Crippen molar-refractivity contribution in [2.24, 2.45) is 0 Å². The quantitative estimate of drug-likeness (QED) is 0.144. The van der Waals surface area contributed by atoms with Gasteiger partial charge in [-0.3, -0.25) is 4.57 Å². The molecule has 72 heavy (non-hydrogen) atoms. The van der Waals surface area contributed by atoms with E-state index in [9.17, 15) is 0 Å². The predicted molar refractivity (Wildman–Crippen MR) is 298 cm³/mol. The van der Waals surface area contributed by atoms with Crippen LogP contribution in [0.3, 0.4) is 0 Å². The number of imidazole rings is 1. The van der Waals surface area contributed by atoms with Crippen molar-refractivity contribution in [2.75, 3.05) is 4.90 Å². The fraction of sp³-hybridized carbons (Fsp3) is 0.0147. The summed E-state index contributed by atoms with van der Waals surface area (Å²) in [6, 6.07) is 101. The van der Waals surface area contributed by atoms with Gasteiger partial charge in [0.1, 0.15) is 5.82 Å². The fourth-order valence-corrected chi connectivity index (χ4v) is 11.6. The van der Waals surface area contributed by atoms with E-state index in [1.54, 1.807) is 0 Å². The molecule has 14 rings (SSSR count). The molecule has 0 spiro atoms. The normalized spacial score (nSPS) is 12.6. The third-order valence-corrected chi connectivity index (χ3v) is 14.8. The highest BCUT2D eigenvalue weighted by Crippen LogP contribution is 2.56. The monoisotopic (exact) mass is 918 g/mol. The zero-order valence-corrected chi connectivity index (χ0v) is 39.3. The Morgan fingerprint density at radius 1 is 0.319 bits per heavy atom. The summed E-state index contributed by atoms with van der Waals surface area (Å²) in [5.41, 5.74) is 20.2. The molecule has 0 amide bonds. The van der Waals surface area contributed by atoms with Gasteiger partial charge in [0.25, 0.3) is 0 Å². The van der Waals surface area contributed by atoms with Crippen molar-refractivity contribution in [3.8, 4) is 45.0 Å². The van der Waals surface area contributed by atoms with Gasteiger partial charge in [-0.1, -0.05) is 176 Å². The number of benzene rings is 11. The molecule has 0 atom stereocenters. The molecular weight excluding hydrogens is 873 g/mol. The lowest BCUT2D eigenvalue weighted by atomic mass is 9.67. The maximum Gasteiger partial charge on any atom is 0.145 e. The molecule has 0 N–H and O–H groups in total. The van der Waals surface area contributed by atoms with Crippen LogP contribution >= 0.6 is 0 Å². The van der Waals surface area contributed by atoms with Gasteiger partial charge >= 0.3 is 0 Å². The first-order valence-corrected chi connectivity index (χ1v) is 24.7. The molecule has 0 saturated heterocycles. The van der Waals surface area contributed by atoms with Crippen molar-refractivity contribution in [3.05, 3.63) is 301 Å². The lowest BCUT2D eigenvalue weighted by Gasteiger charge is -2.34. The van der Waals surface area contributed by atoms with E-state index in [0.29, 0.717) is 0 Å². The molecular formula is C68H46N4. The van der Waals surface area contributed by atoms with Gasteiger partial charge in [0.15, 0.2) is 0 Å². The van der Waals surface area contributed by atoms with E-state index >= 15 is 0 Å². The smallest absolute Gasteiger partial charge is 0.145 e. The molecule has 1 aliphatic rings. The molecule has 2 heterocycles. The van der Waals surface area contributed by atoms with Crippen LogP contribution in [-0.4, -0.2) is 14.1 Å². The Morgan fingerprint density at radius 3 is 1.43 bits per heavy atom. The molecule has 4 nitrogen and oxygen atoms in total. The summed E-state index contributed by atoms with van der Waals surface area (Å²) in [4.78, 5) is 7.60. The highest BCUT2D eigenvalue weighted by Gasteiger charge is 2.46. The number of anilines is 3. The standard InChI is InChI=1S/C68H46N4/c1-5-19-47(20-6-1)48-33-38-54(39-34-48)70(55-40-35-49(36-41-55)67-69-63-31-17-18-32-66(63)72(67)53-25-11-4-12-26-53)56-42-44-65-60(46-56)59-45-51(37-43-64(59)71(65)52-23-9-3-10-24-52)68(50-21-7-2-8-22-50)61-29-15-13-27-57(61)58-28-14-16-30-62(58)68/h1-46H. The van der Waals surface area contributed by atoms with E-state index < -0.39 is 5.41 Å². The van der Waals surface area contributed by atoms with Gasteiger partial charge in [-0.2, -0.15) is 0 Å². The molecule has 0 aliphatic heterocycles. The van der Waals surface area contributed by atoms with Crippen LogP contribution in [0, 0.1) is 0 Å². The number of aromatic nitrogens is 3. The Morgan fingerprint density at radius 2 is 0.792 bits per heavy atom. The lowest BCUT2D eigenvalue weighted by molar-refractivity contribution is 0.770. The van der Waals surface area contributed by atoms with Crippen molar-refractivity contribution >= 4 is 49.9 Å². The molecule has 1 aliphatic carbocycles. The predicted octanol–water partition coefficient (Wildman–Crippen LogP) is 17.3. The van der Waals surface area contributed by atoms with Crippen LogP contribution in [0.15, 0.2) is 279 Å². The zero-order chi connectivity index (χ0) is 47.6. The lowest BCUT2D eigenvalue weighted by Crippen LogP contribution is -2.28. The van der Waals surface area contributed by atoms with Gasteiger partial charge < -0.3 is 9.47 Å². The van der Waals surface area contributed by atoms with Gasteiger partial charge in [-0.05, 0) is 148 Å². The summed E-state index contributed by atoms with van der Waals surface area (Å²) in [5, 5.41) is 2.37. The van der Waals surface area contributed by atoms with Crippen LogP contribution < -0.4 is 4.90 Å². The van der Waals surface area contributed by atoms with Crippen LogP contribution in [0.2, 0.25) is 0 Å². The molecule has 338 valence electrons. The number of rotatable bonds is 9. The van der Waals surface area contributed by atoms with E-state index in [1.807, 2.05) is 0 Å². The second-order valence-electron chi connectivity index (χ2n) is 18.7. The van der Waals surface area contributed by atoms with Crippen molar-refractivity contribution in [3.63, 3.8) is 0 Å². The third kappa shape index (κ3) is 6.50. The SMILES string of the molecule is c1ccc(-c2ccc(N(c3ccc(-c4nc5ccccc5n4-c4ccccc4)cc3)c3ccc4c(c3)c3cc(C5(c6ccccc6)c6ccccc6-c6ccccc65)ccc3n4-c3ccccc3)cc2)cc1. The highest BCUT2D eigenvalue weighted by atomic mass is 15.1. The molecule has 2 aromatic heterocycles. The second kappa shape index (κ2) is 16.9. The number of nitrogens with zero attached hydrogens (tertiary/aromatic N) is 4. The molecule has 0 fully saturated rings. The van der Waals surface area contributed by atoms with E-state index in [-0.39, 0.29) is 0 Å². The van der Waals surface area contributed by atoms with E-state index in [1.165, 1.54) is 55.3 Å². The average Bonchev–Trinajstić information content (AvgIpc) is 4.11. The topological polar surface area (TPSA) is 26.0 Å². The third-order valence-electron chi connectivity index (χ3n) is 14.8. The van der Waals surface area contributed by atoms with Gasteiger partial charge in [-0.25, -0.2) is 4.98 Å². The largest absolute Gasteiger partial charge is 0.310 e. The molecule has 0 saturated carbocycles. The summed E-state index contributed by atoms with van der Waals surface area (Å²) < 4.78 is 4.69. The van der Waals surface area contributed by atoms with E-state index in [0.717, 1.165) is 61.9 Å². The molecule has 4 heteroatoms. The average molecular weight is 919 g/mol. The summed E-state index contributed by atoms with van der Waals surface area (Å²) in [6.07, 6.45) is 0. The summed E-state index contributed by atoms with van der Waals surface area (Å²) in [6.45, 7) is 0. The number of hydrogen-bond acceptors (Lipinski definition) is 2. The van der Waals surface area contributed by atoms with Crippen molar-refractivity contribution in [1.29, 1.82) is 0 Å². The van der Waals surface area contributed by atoms with Crippen LogP contribution in [0.1, 0.15) is 22.3 Å². The van der Waals surface area contributed by atoms with E-state index in [2.05, 4.69) is 293 Å². The van der Waals surface area contributed by atoms with Crippen LogP contribution in [0.25, 0.3) is 77.9 Å². The zero-order valence-electron chi connectivity index (χ0n) is 39.3. The van der Waals surface area contributed by atoms with Crippen LogP contribution in [0.4, 0.5) is 17.1 Å². The Balaban J connectivity index is 0.984. The maximum atomic E-state index is 5.21. The minimum Gasteiger partial charge on any atom is -0.310 e. The van der Waals surface area contributed by atoms with Gasteiger partial charge in [-0.15, -0.1) is 0 Å².